The summed E-state index contributed by atoms with van der Waals surface area (Å²) >= 11 is 1.05. The van der Waals surface area contributed by atoms with Crippen molar-refractivity contribution in [1.82, 2.24) is 4.98 Å². The van der Waals surface area contributed by atoms with E-state index in [1.807, 2.05) is 6.07 Å². The highest BCUT2D eigenvalue weighted by Crippen LogP contribution is 2.23. The van der Waals surface area contributed by atoms with Gasteiger partial charge in [-0.3, -0.25) is 9.59 Å². The fraction of sp³-hybridized carbons (Fsp3) is 0.250. The van der Waals surface area contributed by atoms with Gasteiger partial charge in [0.25, 0.3) is 0 Å². The third-order valence-corrected chi connectivity index (χ3v) is 4.14. The molecule has 120 valence electrons. The van der Waals surface area contributed by atoms with Crippen molar-refractivity contribution in [3.63, 3.8) is 0 Å². The number of carbonyl (C=O) groups is 3. The van der Waals surface area contributed by atoms with Crippen LogP contribution in [0.1, 0.15) is 38.6 Å². The zero-order valence-electron chi connectivity index (χ0n) is 12.8. The van der Waals surface area contributed by atoms with Crippen molar-refractivity contribution in [2.24, 2.45) is 0 Å². The summed E-state index contributed by atoms with van der Waals surface area (Å²) in [6.45, 7) is 1.66. The zero-order chi connectivity index (χ0) is 16.8. The van der Waals surface area contributed by atoms with E-state index in [-0.39, 0.29) is 24.5 Å². The zero-order valence-corrected chi connectivity index (χ0v) is 13.6. The number of rotatable bonds is 6. The van der Waals surface area contributed by atoms with Crippen LogP contribution in [0.3, 0.4) is 0 Å². The topological polar surface area (TPSA) is 85.4 Å². The van der Waals surface area contributed by atoms with Gasteiger partial charge >= 0.3 is 5.97 Å². The summed E-state index contributed by atoms with van der Waals surface area (Å²) in [5, 5.41) is 2.92. The van der Waals surface area contributed by atoms with Crippen LogP contribution in [0.4, 0.5) is 5.13 Å². The largest absolute Gasteiger partial charge is 0.465 e. The minimum absolute atomic E-state index is 0.0555. The first-order chi connectivity index (χ1) is 11.0. The Balaban J connectivity index is 1.90. The van der Waals surface area contributed by atoms with Crippen molar-refractivity contribution in [3.8, 4) is 0 Å². The molecule has 2 aromatic rings. The van der Waals surface area contributed by atoms with E-state index in [1.54, 1.807) is 31.2 Å². The number of benzene rings is 1. The highest BCUT2D eigenvalue weighted by atomic mass is 32.1. The Morgan fingerprint density at radius 2 is 1.87 bits per heavy atom. The maximum atomic E-state index is 11.9. The van der Waals surface area contributed by atoms with Crippen molar-refractivity contribution in [2.75, 3.05) is 12.4 Å². The van der Waals surface area contributed by atoms with E-state index in [4.69, 9.17) is 0 Å². The average molecular weight is 332 g/mol. The summed E-state index contributed by atoms with van der Waals surface area (Å²) in [6.07, 6.45) is 0.171. The molecular formula is C16H16N2O4S. The first kappa shape index (κ1) is 16.8. The molecule has 0 bridgehead atoms. The number of thiazole rings is 1. The highest BCUT2D eigenvalue weighted by Gasteiger charge is 2.17. The van der Waals surface area contributed by atoms with E-state index in [2.05, 4.69) is 15.0 Å². The van der Waals surface area contributed by atoms with Gasteiger partial charge in [-0.15, -0.1) is 0 Å². The van der Waals surface area contributed by atoms with E-state index in [9.17, 15) is 14.4 Å². The van der Waals surface area contributed by atoms with Gasteiger partial charge in [0.05, 0.1) is 12.8 Å². The van der Waals surface area contributed by atoms with Gasteiger partial charge in [0.2, 0.25) is 5.91 Å². The molecule has 0 fully saturated rings. The van der Waals surface area contributed by atoms with Gasteiger partial charge < -0.3 is 10.1 Å². The molecule has 1 amide bonds. The second-order valence-corrected chi connectivity index (χ2v) is 5.76. The predicted molar refractivity (Wildman–Crippen MR) is 86.8 cm³/mol. The van der Waals surface area contributed by atoms with Crippen LogP contribution in [0.25, 0.3) is 0 Å². The normalized spacial score (nSPS) is 10.2. The Kier molecular flexibility index (Phi) is 5.59. The van der Waals surface area contributed by atoms with Crippen molar-refractivity contribution in [2.45, 2.75) is 19.8 Å². The highest BCUT2D eigenvalue weighted by molar-refractivity contribution is 7.17. The Morgan fingerprint density at radius 1 is 1.17 bits per heavy atom. The van der Waals surface area contributed by atoms with Crippen LogP contribution in [-0.2, 0) is 9.53 Å². The smallest absolute Gasteiger partial charge is 0.350 e. The number of aromatic nitrogens is 1. The quantitative estimate of drug-likeness (QED) is 0.649. The fourth-order valence-electron chi connectivity index (χ4n) is 1.91. The number of nitrogens with zero attached hydrogens (tertiary/aromatic N) is 1. The average Bonchev–Trinajstić information content (AvgIpc) is 2.93. The molecule has 0 aliphatic rings. The maximum absolute atomic E-state index is 11.9. The van der Waals surface area contributed by atoms with E-state index >= 15 is 0 Å². The van der Waals surface area contributed by atoms with Gasteiger partial charge in [-0.05, 0) is 6.92 Å². The van der Waals surface area contributed by atoms with Crippen molar-refractivity contribution in [3.05, 3.63) is 46.5 Å². The van der Waals surface area contributed by atoms with Gasteiger partial charge in [-0.2, -0.15) is 0 Å². The molecule has 0 aliphatic carbocycles. The molecule has 1 heterocycles. The van der Waals surface area contributed by atoms with E-state index < -0.39 is 5.97 Å². The third kappa shape index (κ3) is 4.46. The van der Waals surface area contributed by atoms with Gasteiger partial charge in [-0.1, -0.05) is 41.7 Å². The molecule has 0 unspecified atom stereocenters. The van der Waals surface area contributed by atoms with Crippen molar-refractivity contribution < 1.29 is 19.1 Å². The van der Waals surface area contributed by atoms with Crippen LogP contribution in [0.5, 0.6) is 0 Å². The summed E-state index contributed by atoms with van der Waals surface area (Å²) < 4.78 is 4.64. The molecule has 7 heteroatoms. The molecule has 23 heavy (non-hydrogen) atoms. The second kappa shape index (κ2) is 7.64. The number of hydrogen-bond acceptors (Lipinski definition) is 6. The summed E-state index contributed by atoms with van der Waals surface area (Å²) in [6, 6.07) is 8.81. The molecule has 0 saturated carbocycles. The Hall–Kier alpha value is -2.54. The monoisotopic (exact) mass is 332 g/mol. The number of Topliss-reactive ketones (excluding diaryl/α,β-unsaturated/α-hetero) is 1. The maximum Gasteiger partial charge on any atom is 0.350 e. The Labute approximate surface area is 137 Å². The standard InChI is InChI=1S/C16H16N2O4S/c1-10-14(15(21)22-2)23-16(17-10)18-13(20)9-8-12(19)11-6-4-3-5-7-11/h3-7H,8-9H2,1-2H3,(H,17,18,20). The SMILES string of the molecule is COC(=O)c1sc(NC(=O)CCC(=O)c2ccccc2)nc1C. The number of amides is 1. The molecule has 0 saturated heterocycles. The van der Waals surface area contributed by atoms with E-state index in [1.165, 1.54) is 7.11 Å². The van der Waals surface area contributed by atoms with Crippen LogP contribution in [0, 0.1) is 6.92 Å². The molecule has 1 aromatic heterocycles. The molecule has 6 nitrogen and oxygen atoms in total. The first-order valence-electron chi connectivity index (χ1n) is 6.95. The molecule has 0 radical (unpaired) electrons. The molecule has 1 aromatic carbocycles. The van der Waals surface area contributed by atoms with Gasteiger partial charge in [0.15, 0.2) is 10.9 Å². The summed E-state index contributed by atoms with van der Waals surface area (Å²) in [7, 11) is 1.29. The number of ether oxygens (including phenoxy) is 1. The van der Waals surface area contributed by atoms with Crippen LogP contribution in [0.15, 0.2) is 30.3 Å². The lowest BCUT2D eigenvalue weighted by Crippen LogP contribution is -2.13. The van der Waals surface area contributed by atoms with Crippen LogP contribution in [-0.4, -0.2) is 29.8 Å². The number of hydrogen-bond donors (Lipinski definition) is 1. The third-order valence-electron chi connectivity index (χ3n) is 3.09. The number of carbonyl (C=O) groups excluding carboxylic acids is 3. The first-order valence-corrected chi connectivity index (χ1v) is 7.76. The van der Waals surface area contributed by atoms with Crippen LogP contribution in [0.2, 0.25) is 0 Å². The molecule has 2 rings (SSSR count). The summed E-state index contributed by atoms with van der Waals surface area (Å²) in [5.41, 5.74) is 1.08. The Bertz CT molecular complexity index is 725. The van der Waals surface area contributed by atoms with Crippen LogP contribution < -0.4 is 5.32 Å². The number of esters is 1. The minimum Gasteiger partial charge on any atom is -0.465 e. The van der Waals surface area contributed by atoms with Crippen molar-refractivity contribution >= 4 is 34.1 Å². The lowest BCUT2D eigenvalue weighted by atomic mass is 10.1. The van der Waals surface area contributed by atoms with Gasteiger partial charge in [0, 0.05) is 18.4 Å². The van der Waals surface area contributed by atoms with Crippen LogP contribution >= 0.6 is 11.3 Å². The lowest BCUT2D eigenvalue weighted by molar-refractivity contribution is -0.116. The lowest BCUT2D eigenvalue weighted by Gasteiger charge is -2.02. The van der Waals surface area contributed by atoms with E-state index in [0.29, 0.717) is 21.3 Å². The molecule has 0 atom stereocenters. The number of ketones is 1. The number of anilines is 1. The van der Waals surface area contributed by atoms with Gasteiger partial charge in [0.1, 0.15) is 4.88 Å². The molecule has 0 aliphatic heterocycles. The molecule has 1 N–H and O–H groups in total. The number of methoxy groups -OCH3 is 1. The second-order valence-electron chi connectivity index (χ2n) is 4.76. The Morgan fingerprint density at radius 3 is 2.52 bits per heavy atom. The van der Waals surface area contributed by atoms with Gasteiger partial charge in [-0.25, -0.2) is 9.78 Å². The summed E-state index contributed by atoms with van der Waals surface area (Å²) in [4.78, 5) is 39.8. The summed E-state index contributed by atoms with van der Waals surface area (Å²) in [5.74, 6) is -0.898. The fourth-order valence-corrected chi connectivity index (χ4v) is 2.81. The van der Waals surface area contributed by atoms with Crippen molar-refractivity contribution in [1.29, 1.82) is 0 Å². The minimum atomic E-state index is -0.486. The predicted octanol–water partition coefficient (Wildman–Crippen LogP) is 2.84. The number of aryl methyl sites for hydroxylation is 1. The number of nitrogens with one attached hydrogen (secondary N) is 1. The molecular weight excluding hydrogens is 316 g/mol. The van der Waals surface area contributed by atoms with E-state index in [0.717, 1.165) is 11.3 Å². The molecule has 0 spiro atoms.